The van der Waals surface area contributed by atoms with E-state index in [1.807, 2.05) is 40.2 Å². The molecule has 98 valence electrons. The standard InChI is InChI=1S/C13H7N3OS3/c17-7-9-11(15-12-16(9)5-6-18-12)20-13-14-8-3-1-2-4-10(8)19-13/h1-7H. The Morgan fingerprint density at radius 2 is 2.15 bits per heavy atom. The van der Waals surface area contributed by atoms with Crippen LogP contribution in [0.1, 0.15) is 10.5 Å². The fourth-order valence-electron chi connectivity index (χ4n) is 1.94. The highest BCUT2D eigenvalue weighted by Crippen LogP contribution is 2.35. The first-order valence-corrected chi connectivity index (χ1v) is 8.30. The molecule has 4 aromatic rings. The van der Waals surface area contributed by atoms with E-state index in [-0.39, 0.29) is 0 Å². The second kappa shape index (κ2) is 4.69. The molecule has 4 nitrogen and oxygen atoms in total. The summed E-state index contributed by atoms with van der Waals surface area (Å²) in [6.07, 6.45) is 2.71. The van der Waals surface area contributed by atoms with Crippen LogP contribution < -0.4 is 0 Å². The van der Waals surface area contributed by atoms with Crippen LogP contribution in [0.25, 0.3) is 15.2 Å². The predicted octanol–water partition coefficient (Wildman–Crippen LogP) is 3.97. The molecule has 0 bridgehead atoms. The Balaban J connectivity index is 1.79. The first-order valence-electron chi connectivity index (χ1n) is 5.79. The molecule has 3 heterocycles. The fourth-order valence-corrected chi connectivity index (χ4v) is 4.78. The highest BCUT2D eigenvalue weighted by molar-refractivity contribution is 8.01. The lowest BCUT2D eigenvalue weighted by Crippen LogP contribution is -1.87. The van der Waals surface area contributed by atoms with Crippen LogP contribution in [0.5, 0.6) is 0 Å². The molecule has 0 atom stereocenters. The first kappa shape index (κ1) is 12.1. The highest BCUT2D eigenvalue weighted by Gasteiger charge is 2.15. The van der Waals surface area contributed by atoms with E-state index in [0.717, 1.165) is 25.8 Å². The van der Waals surface area contributed by atoms with Crippen LogP contribution in [-0.2, 0) is 0 Å². The van der Waals surface area contributed by atoms with E-state index in [9.17, 15) is 4.79 Å². The quantitative estimate of drug-likeness (QED) is 0.536. The number of thiazole rings is 2. The van der Waals surface area contributed by atoms with Crippen molar-refractivity contribution in [1.82, 2.24) is 14.4 Å². The second-order valence-electron chi connectivity index (χ2n) is 4.03. The van der Waals surface area contributed by atoms with Crippen molar-refractivity contribution in [3.63, 3.8) is 0 Å². The number of benzene rings is 1. The molecule has 20 heavy (non-hydrogen) atoms. The summed E-state index contributed by atoms with van der Waals surface area (Å²) in [7, 11) is 0. The largest absolute Gasteiger partial charge is 0.296 e. The maximum atomic E-state index is 11.3. The molecule has 7 heteroatoms. The number of aromatic nitrogens is 3. The van der Waals surface area contributed by atoms with Crippen molar-refractivity contribution in [1.29, 1.82) is 0 Å². The molecule has 0 N–H and O–H groups in total. The number of carbonyl (C=O) groups is 1. The molecule has 1 aromatic carbocycles. The van der Waals surface area contributed by atoms with Crippen LogP contribution in [0.4, 0.5) is 0 Å². The van der Waals surface area contributed by atoms with Gasteiger partial charge in [0.15, 0.2) is 15.6 Å². The normalized spacial score (nSPS) is 11.4. The van der Waals surface area contributed by atoms with Crippen molar-refractivity contribution in [2.45, 2.75) is 9.37 Å². The molecule has 0 aliphatic rings. The Hall–Kier alpha value is -1.70. The minimum atomic E-state index is 0.588. The lowest BCUT2D eigenvalue weighted by Gasteiger charge is -1.93. The number of fused-ring (bicyclic) bond motifs is 2. The average molecular weight is 317 g/mol. The number of hydrogen-bond acceptors (Lipinski definition) is 6. The number of carbonyl (C=O) groups excluding carboxylic acids is 1. The van der Waals surface area contributed by atoms with Crippen LogP contribution >= 0.6 is 34.4 Å². The molecular weight excluding hydrogens is 310 g/mol. The lowest BCUT2D eigenvalue weighted by atomic mass is 10.3. The van der Waals surface area contributed by atoms with Gasteiger partial charge in [-0.3, -0.25) is 9.20 Å². The average Bonchev–Trinajstić information content (AvgIpc) is 3.11. The molecule has 0 spiro atoms. The maximum Gasteiger partial charge on any atom is 0.195 e. The van der Waals surface area contributed by atoms with Crippen LogP contribution in [0.2, 0.25) is 0 Å². The third-order valence-electron chi connectivity index (χ3n) is 2.84. The Bertz CT molecular complexity index is 888. The van der Waals surface area contributed by atoms with E-state index in [0.29, 0.717) is 10.7 Å². The van der Waals surface area contributed by atoms with Crippen molar-refractivity contribution >= 4 is 55.9 Å². The zero-order valence-electron chi connectivity index (χ0n) is 10.0. The van der Waals surface area contributed by atoms with Crippen molar-refractivity contribution in [3.8, 4) is 0 Å². The summed E-state index contributed by atoms with van der Waals surface area (Å²) in [5, 5.41) is 2.63. The van der Waals surface area contributed by atoms with Gasteiger partial charge in [0.05, 0.1) is 10.2 Å². The summed E-state index contributed by atoms with van der Waals surface area (Å²) >= 11 is 4.58. The summed E-state index contributed by atoms with van der Waals surface area (Å²) < 4.78 is 3.86. The minimum absolute atomic E-state index is 0.588. The summed E-state index contributed by atoms with van der Waals surface area (Å²) in [6.45, 7) is 0. The lowest BCUT2D eigenvalue weighted by molar-refractivity contribution is 0.111. The highest BCUT2D eigenvalue weighted by atomic mass is 32.2. The van der Waals surface area contributed by atoms with Gasteiger partial charge in [0.25, 0.3) is 0 Å². The number of rotatable bonds is 3. The zero-order chi connectivity index (χ0) is 13.5. The number of hydrogen-bond donors (Lipinski definition) is 0. The molecular formula is C13H7N3OS3. The van der Waals surface area contributed by atoms with Crippen LogP contribution in [-0.4, -0.2) is 20.7 Å². The molecule has 0 aliphatic carbocycles. The van der Waals surface area contributed by atoms with Gasteiger partial charge in [0, 0.05) is 11.6 Å². The molecule has 0 amide bonds. The SMILES string of the molecule is O=Cc1c(Sc2nc3ccccc3s2)nc2sccn12. The van der Waals surface area contributed by atoms with Gasteiger partial charge >= 0.3 is 0 Å². The van der Waals surface area contributed by atoms with Crippen molar-refractivity contribution < 1.29 is 4.79 Å². The smallest absolute Gasteiger partial charge is 0.195 e. The topological polar surface area (TPSA) is 47.3 Å². The number of nitrogens with zero attached hydrogens (tertiary/aromatic N) is 3. The number of aldehydes is 1. The van der Waals surface area contributed by atoms with Crippen molar-refractivity contribution in [2.24, 2.45) is 0 Å². The van der Waals surface area contributed by atoms with E-state index in [4.69, 9.17) is 0 Å². The Morgan fingerprint density at radius 3 is 3.00 bits per heavy atom. The minimum Gasteiger partial charge on any atom is -0.296 e. The number of para-hydroxylation sites is 1. The van der Waals surface area contributed by atoms with Crippen molar-refractivity contribution in [2.75, 3.05) is 0 Å². The van der Waals surface area contributed by atoms with E-state index in [1.54, 1.807) is 11.3 Å². The monoisotopic (exact) mass is 317 g/mol. The summed E-state index contributed by atoms with van der Waals surface area (Å²) in [5.41, 5.74) is 1.57. The third kappa shape index (κ3) is 1.86. The summed E-state index contributed by atoms with van der Waals surface area (Å²) in [6, 6.07) is 8.00. The molecule has 4 rings (SSSR count). The van der Waals surface area contributed by atoms with E-state index < -0.39 is 0 Å². The van der Waals surface area contributed by atoms with Gasteiger partial charge in [-0.1, -0.05) is 12.1 Å². The Morgan fingerprint density at radius 1 is 1.25 bits per heavy atom. The van der Waals surface area contributed by atoms with Crippen LogP contribution in [0.15, 0.2) is 45.2 Å². The second-order valence-corrected chi connectivity index (χ2v) is 7.16. The van der Waals surface area contributed by atoms with Gasteiger partial charge in [-0.15, -0.1) is 22.7 Å². The van der Waals surface area contributed by atoms with Gasteiger partial charge < -0.3 is 0 Å². The summed E-state index contributed by atoms with van der Waals surface area (Å²) in [4.78, 5) is 21.2. The first-order chi connectivity index (χ1) is 9.85. The molecule has 0 unspecified atom stereocenters. The number of imidazole rings is 1. The molecule has 0 saturated heterocycles. The van der Waals surface area contributed by atoms with Gasteiger partial charge in [0.1, 0.15) is 10.7 Å². The maximum absolute atomic E-state index is 11.3. The third-order valence-corrected chi connectivity index (χ3v) is 5.68. The van der Waals surface area contributed by atoms with E-state index in [2.05, 4.69) is 9.97 Å². The van der Waals surface area contributed by atoms with Crippen LogP contribution in [0, 0.1) is 0 Å². The van der Waals surface area contributed by atoms with Crippen LogP contribution in [0.3, 0.4) is 0 Å². The van der Waals surface area contributed by atoms with Gasteiger partial charge in [-0.25, -0.2) is 9.97 Å². The molecule has 3 aromatic heterocycles. The Labute approximate surface area is 126 Å². The fraction of sp³-hybridized carbons (Fsp3) is 0. The molecule has 0 aliphatic heterocycles. The predicted molar refractivity (Wildman–Crippen MR) is 82.2 cm³/mol. The Kier molecular flexibility index (Phi) is 2.83. The molecule has 0 fully saturated rings. The van der Waals surface area contributed by atoms with Gasteiger partial charge in [-0.05, 0) is 23.9 Å². The molecule has 0 radical (unpaired) electrons. The molecule has 0 saturated carbocycles. The zero-order valence-corrected chi connectivity index (χ0v) is 12.5. The van der Waals surface area contributed by atoms with Gasteiger partial charge in [0.2, 0.25) is 0 Å². The van der Waals surface area contributed by atoms with E-state index in [1.165, 1.54) is 23.1 Å². The summed E-state index contributed by atoms with van der Waals surface area (Å²) in [5.74, 6) is 0. The van der Waals surface area contributed by atoms with Gasteiger partial charge in [-0.2, -0.15) is 0 Å². The van der Waals surface area contributed by atoms with E-state index >= 15 is 0 Å². The van der Waals surface area contributed by atoms with Crippen molar-refractivity contribution in [3.05, 3.63) is 41.5 Å².